The largest absolute Gasteiger partial charge is 0.382 e. The Morgan fingerprint density at radius 2 is 2.00 bits per heavy atom. The highest BCUT2D eigenvalue weighted by Gasteiger charge is 2.09. The standard InChI is InChI=1S/C14H12ClN5/c1-8-6-11(9-4-2-3-5-10(9)19-8)20-14-12(15)13(16)17-7-18-14/h2-7H,1H3,(H3,16,17,18,19,20). The number of hydrogen-bond acceptors (Lipinski definition) is 5. The first-order valence-corrected chi connectivity index (χ1v) is 6.42. The van der Waals surface area contributed by atoms with Crippen LogP contribution in [0.1, 0.15) is 5.69 Å². The lowest BCUT2D eigenvalue weighted by atomic mass is 10.1. The quantitative estimate of drug-likeness (QED) is 0.755. The highest BCUT2D eigenvalue weighted by Crippen LogP contribution is 2.30. The minimum atomic E-state index is 0.249. The zero-order chi connectivity index (χ0) is 14.1. The van der Waals surface area contributed by atoms with Crippen LogP contribution in [0.3, 0.4) is 0 Å². The van der Waals surface area contributed by atoms with Crippen molar-refractivity contribution in [1.82, 2.24) is 15.0 Å². The van der Waals surface area contributed by atoms with Crippen LogP contribution in [-0.4, -0.2) is 15.0 Å². The maximum Gasteiger partial charge on any atom is 0.154 e. The van der Waals surface area contributed by atoms with E-state index >= 15 is 0 Å². The highest BCUT2D eigenvalue weighted by molar-refractivity contribution is 6.35. The Bertz CT molecular complexity index is 788. The number of rotatable bonds is 2. The van der Waals surface area contributed by atoms with Crippen LogP contribution in [0, 0.1) is 6.92 Å². The molecule has 0 amide bonds. The Balaban J connectivity index is 2.13. The van der Waals surface area contributed by atoms with Crippen LogP contribution in [-0.2, 0) is 0 Å². The van der Waals surface area contributed by atoms with E-state index in [0.717, 1.165) is 22.3 Å². The van der Waals surface area contributed by atoms with Gasteiger partial charge in [0.2, 0.25) is 0 Å². The number of nitrogens with zero attached hydrogens (tertiary/aromatic N) is 3. The van der Waals surface area contributed by atoms with E-state index in [1.807, 2.05) is 37.3 Å². The smallest absolute Gasteiger partial charge is 0.154 e. The van der Waals surface area contributed by atoms with Crippen LogP contribution >= 0.6 is 11.6 Å². The number of aromatic nitrogens is 3. The molecule has 2 aromatic heterocycles. The van der Waals surface area contributed by atoms with Gasteiger partial charge in [0.25, 0.3) is 0 Å². The van der Waals surface area contributed by atoms with E-state index in [1.165, 1.54) is 6.33 Å². The van der Waals surface area contributed by atoms with Crippen molar-refractivity contribution in [2.45, 2.75) is 6.92 Å². The molecule has 0 unspecified atom stereocenters. The molecule has 0 atom stereocenters. The summed E-state index contributed by atoms with van der Waals surface area (Å²) in [5.74, 6) is 0.731. The molecule has 0 aliphatic rings. The Labute approximate surface area is 120 Å². The van der Waals surface area contributed by atoms with E-state index in [1.54, 1.807) is 0 Å². The van der Waals surface area contributed by atoms with Gasteiger partial charge in [-0.3, -0.25) is 4.98 Å². The van der Waals surface area contributed by atoms with Gasteiger partial charge >= 0.3 is 0 Å². The summed E-state index contributed by atoms with van der Waals surface area (Å²) in [5, 5.41) is 4.50. The van der Waals surface area contributed by atoms with Crippen molar-refractivity contribution in [2.75, 3.05) is 11.1 Å². The number of nitrogens with two attached hydrogens (primary N) is 1. The van der Waals surface area contributed by atoms with Crippen molar-refractivity contribution in [2.24, 2.45) is 0 Å². The molecule has 6 heteroatoms. The summed E-state index contributed by atoms with van der Waals surface area (Å²) in [6.45, 7) is 1.94. The summed E-state index contributed by atoms with van der Waals surface area (Å²) < 4.78 is 0. The minimum absolute atomic E-state index is 0.249. The molecule has 0 aliphatic carbocycles. The average Bonchev–Trinajstić information content (AvgIpc) is 2.43. The second-order valence-electron chi connectivity index (χ2n) is 4.37. The van der Waals surface area contributed by atoms with E-state index in [2.05, 4.69) is 20.3 Å². The summed E-state index contributed by atoms with van der Waals surface area (Å²) >= 11 is 6.11. The van der Waals surface area contributed by atoms with Crippen LogP contribution in [0.2, 0.25) is 5.02 Å². The molecule has 0 radical (unpaired) electrons. The maximum absolute atomic E-state index is 6.11. The van der Waals surface area contributed by atoms with Gasteiger partial charge in [-0.05, 0) is 19.1 Å². The third kappa shape index (κ3) is 2.23. The Morgan fingerprint density at radius 1 is 1.20 bits per heavy atom. The first-order valence-electron chi connectivity index (χ1n) is 6.04. The Kier molecular flexibility index (Phi) is 3.12. The van der Waals surface area contributed by atoms with E-state index in [-0.39, 0.29) is 5.82 Å². The van der Waals surface area contributed by atoms with Crippen LogP contribution in [0.15, 0.2) is 36.7 Å². The number of fused-ring (bicyclic) bond motifs is 1. The molecular weight excluding hydrogens is 274 g/mol. The summed E-state index contributed by atoms with van der Waals surface area (Å²) in [5.41, 5.74) is 8.38. The summed E-state index contributed by atoms with van der Waals surface area (Å²) in [6.07, 6.45) is 1.37. The zero-order valence-electron chi connectivity index (χ0n) is 10.8. The molecule has 0 bridgehead atoms. The monoisotopic (exact) mass is 285 g/mol. The van der Waals surface area contributed by atoms with Crippen LogP contribution in [0.4, 0.5) is 17.3 Å². The number of nitrogens with one attached hydrogen (secondary N) is 1. The fourth-order valence-electron chi connectivity index (χ4n) is 2.01. The SMILES string of the molecule is Cc1cc(Nc2ncnc(N)c2Cl)c2ccccc2n1. The van der Waals surface area contributed by atoms with Crippen molar-refractivity contribution in [3.05, 3.63) is 47.4 Å². The summed E-state index contributed by atoms with van der Waals surface area (Å²) in [6, 6.07) is 9.80. The van der Waals surface area contributed by atoms with Gasteiger partial charge in [0, 0.05) is 11.1 Å². The molecule has 0 fully saturated rings. The maximum atomic E-state index is 6.11. The van der Waals surface area contributed by atoms with E-state index in [4.69, 9.17) is 17.3 Å². The van der Waals surface area contributed by atoms with Gasteiger partial charge in [-0.25, -0.2) is 9.97 Å². The number of hydrogen-bond donors (Lipinski definition) is 2. The van der Waals surface area contributed by atoms with Crippen LogP contribution in [0.25, 0.3) is 10.9 Å². The molecule has 1 aromatic carbocycles. The van der Waals surface area contributed by atoms with Gasteiger partial charge < -0.3 is 11.1 Å². The number of aryl methyl sites for hydroxylation is 1. The first kappa shape index (κ1) is 12.6. The predicted molar refractivity (Wildman–Crippen MR) is 81.2 cm³/mol. The third-order valence-electron chi connectivity index (χ3n) is 2.91. The van der Waals surface area contributed by atoms with Gasteiger partial charge in [0.1, 0.15) is 17.2 Å². The molecule has 0 saturated carbocycles. The van der Waals surface area contributed by atoms with E-state index in [0.29, 0.717) is 10.8 Å². The van der Waals surface area contributed by atoms with Crippen molar-refractivity contribution < 1.29 is 0 Å². The summed E-state index contributed by atoms with van der Waals surface area (Å²) in [7, 11) is 0. The lowest BCUT2D eigenvalue weighted by Gasteiger charge is -2.11. The topological polar surface area (TPSA) is 76.7 Å². The molecule has 5 nitrogen and oxygen atoms in total. The minimum Gasteiger partial charge on any atom is -0.382 e. The van der Waals surface area contributed by atoms with Crippen molar-refractivity contribution >= 4 is 39.8 Å². The second-order valence-corrected chi connectivity index (χ2v) is 4.75. The number of anilines is 3. The number of para-hydroxylation sites is 1. The number of nitrogen functional groups attached to an aromatic ring is 1. The third-order valence-corrected chi connectivity index (χ3v) is 3.29. The summed E-state index contributed by atoms with van der Waals surface area (Å²) in [4.78, 5) is 12.4. The lowest BCUT2D eigenvalue weighted by Crippen LogP contribution is -2.01. The van der Waals surface area contributed by atoms with E-state index in [9.17, 15) is 0 Å². The van der Waals surface area contributed by atoms with Crippen molar-refractivity contribution in [3.63, 3.8) is 0 Å². The number of halogens is 1. The Hall–Kier alpha value is -2.40. The molecule has 0 spiro atoms. The zero-order valence-corrected chi connectivity index (χ0v) is 11.5. The lowest BCUT2D eigenvalue weighted by molar-refractivity contribution is 1.17. The molecule has 100 valence electrons. The molecule has 20 heavy (non-hydrogen) atoms. The van der Waals surface area contributed by atoms with Gasteiger partial charge in [-0.15, -0.1) is 0 Å². The van der Waals surface area contributed by atoms with Gasteiger partial charge in [-0.1, -0.05) is 29.8 Å². The molecule has 0 saturated heterocycles. The molecule has 3 N–H and O–H groups in total. The number of benzene rings is 1. The number of pyridine rings is 1. The second kappa shape index (κ2) is 4.94. The molecule has 3 rings (SSSR count). The van der Waals surface area contributed by atoms with Gasteiger partial charge in [0.15, 0.2) is 5.82 Å². The van der Waals surface area contributed by atoms with Crippen molar-refractivity contribution in [3.8, 4) is 0 Å². The average molecular weight is 286 g/mol. The normalized spacial score (nSPS) is 10.7. The molecular formula is C14H12ClN5. The van der Waals surface area contributed by atoms with Gasteiger partial charge in [0.05, 0.1) is 11.2 Å². The fraction of sp³-hybridized carbons (Fsp3) is 0.0714. The molecule has 2 heterocycles. The van der Waals surface area contributed by atoms with Crippen LogP contribution < -0.4 is 11.1 Å². The van der Waals surface area contributed by atoms with Crippen molar-refractivity contribution in [1.29, 1.82) is 0 Å². The van der Waals surface area contributed by atoms with Gasteiger partial charge in [-0.2, -0.15) is 0 Å². The molecule has 0 aliphatic heterocycles. The van der Waals surface area contributed by atoms with E-state index < -0.39 is 0 Å². The molecule has 3 aromatic rings. The predicted octanol–water partition coefficient (Wildman–Crippen LogP) is 3.31. The first-order chi connectivity index (χ1) is 9.65. The highest BCUT2D eigenvalue weighted by atomic mass is 35.5. The fourth-order valence-corrected chi connectivity index (χ4v) is 2.15. The van der Waals surface area contributed by atoms with Crippen LogP contribution in [0.5, 0.6) is 0 Å². The Morgan fingerprint density at radius 3 is 2.85 bits per heavy atom.